The van der Waals surface area contributed by atoms with E-state index in [0.29, 0.717) is 25.3 Å². The molecule has 27 heavy (non-hydrogen) atoms. The van der Waals surface area contributed by atoms with E-state index in [4.69, 9.17) is 5.73 Å². The van der Waals surface area contributed by atoms with Gasteiger partial charge in [-0.2, -0.15) is 0 Å². The standard InChI is InChI=1S/C19H22FN5O2/c1-18(2,13-3-5-14(20)6-4-13)11-24-17-22-9-12(10-23-17)15(26)25-19(7-8-19)16(21)27/h3-6,9-10H,7-8,11H2,1-2H3,(H2,21,27)(H,25,26)(H,22,23,24). The van der Waals surface area contributed by atoms with Gasteiger partial charge < -0.3 is 16.4 Å². The lowest BCUT2D eigenvalue weighted by Gasteiger charge is -2.25. The average molecular weight is 371 g/mol. The molecule has 1 aliphatic carbocycles. The van der Waals surface area contributed by atoms with Gasteiger partial charge in [0.2, 0.25) is 11.9 Å². The highest BCUT2D eigenvalue weighted by molar-refractivity contribution is 5.99. The number of nitrogens with one attached hydrogen (secondary N) is 2. The Kier molecular flexibility index (Phi) is 4.82. The number of amides is 2. The number of rotatable bonds is 7. The molecule has 1 heterocycles. The first kappa shape index (κ1) is 18.8. The number of carbonyl (C=O) groups excluding carboxylic acids is 2. The zero-order chi connectivity index (χ0) is 19.7. The summed E-state index contributed by atoms with van der Waals surface area (Å²) in [5.74, 6) is -0.857. The van der Waals surface area contributed by atoms with Gasteiger partial charge in [0.1, 0.15) is 11.4 Å². The SMILES string of the molecule is CC(C)(CNc1ncc(C(=O)NC2(C(N)=O)CC2)cn1)c1ccc(F)cc1. The first-order valence-corrected chi connectivity index (χ1v) is 8.66. The molecule has 2 amide bonds. The number of aromatic nitrogens is 2. The van der Waals surface area contributed by atoms with Gasteiger partial charge in [-0.05, 0) is 30.5 Å². The lowest BCUT2D eigenvalue weighted by Crippen LogP contribution is -2.46. The van der Waals surface area contributed by atoms with E-state index in [9.17, 15) is 14.0 Å². The summed E-state index contributed by atoms with van der Waals surface area (Å²) in [6.45, 7) is 4.57. The largest absolute Gasteiger partial charge is 0.368 e. The molecule has 1 aliphatic rings. The fourth-order valence-corrected chi connectivity index (χ4v) is 2.69. The summed E-state index contributed by atoms with van der Waals surface area (Å²) in [4.78, 5) is 31.9. The zero-order valence-electron chi connectivity index (χ0n) is 15.3. The summed E-state index contributed by atoms with van der Waals surface area (Å²) >= 11 is 0. The molecule has 0 saturated heterocycles. The van der Waals surface area contributed by atoms with Crippen molar-refractivity contribution in [2.45, 2.75) is 37.6 Å². The third-order valence-corrected chi connectivity index (χ3v) is 4.80. The first-order valence-electron chi connectivity index (χ1n) is 8.66. The molecule has 0 atom stereocenters. The van der Waals surface area contributed by atoms with Crippen LogP contribution < -0.4 is 16.4 Å². The van der Waals surface area contributed by atoms with Gasteiger partial charge in [-0.3, -0.25) is 9.59 Å². The molecule has 142 valence electrons. The number of halogens is 1. The molecule has 7 nitrogen and oxygen atoms in total. The molecule has 3 rings (SSSR count). The average Bonchev–Trinajstić information content (AvgIpc) is 3.42. The van der Waals surface area contributed by atoms with Crippen LogP contribution in [0.4, 0.5) is 10.3 Å². The monoisotopic (exact) mass is 371 g/mol. The maximum absolute atomic E-state index is 13.1. The molecule has 0 radical (unpaired) electrons. The molecule has 1 saturated carbocycles. The Balaban J connectivity index is 1.60. The van der Waals surface area contributed by atoms with Crippen LogP contribution in [-0.2, 0) is 10.2 Å². The molecule has 1 aromatic carbocycles. The van der Waals surface area contributed by atoms with Crippen molar-refractivity contribution in [3.05, 3.63) is 53.6 Å². The van der Waals surface area contributed by atoms with Crippen molar-refractivity contribution in [2.75, 3.05) is 11.9 Å². The number of primary amides is 1. The third-order valence-electron chi connectivity index (χ3n) is 4.80. The van der Waals surface area contributed by atoms with Crippen molar-refractivity contribution in [1.29, 1.82) is 0 Å². The lowest BCUT2D eigenvalue weighted by atomic mass is 9.84. The summed E-state index contributed by atoms with van der Waals surface area (Å²) in [6.07, 6.45) is 3.89. The van der Waals surface area contributed by atoms with E-state index in [1.165, 1.54) is 24.5 Å². The Labute approximate surface area is 156 Å². The maximum Gasteiger partial charge on any atom is 0.255 e. The fraction of sp³-hybridized carbons (Fsp3) is 0.368. The summed E-state index contributed by atoms with van der Waals surface area (Å²) < 4.78 is 13.1. The van der Waals surface area contributed by atoms with E-state index in [0.717, 1.165) is 5.56 Å². The highest BCUT2D eigenvalue weighted by Gasteiger charge is 2.50. The molecule has 1 fully saturated rings. The van der Waals surface area contributed by atoms with Crippen molar-refractivity contribution in [1.82, 2.24) is 15.3 Å². The first-order chi connectivity index (χ1) is 12.7. The summed E-state index contributed by atoms with van der Waals surface area (Å²) in [5.41, 5.74) is 5.35. The van der Waals surface area contributed by atoms with Gasteiger partial charge >= 0.3 is 0 Å². The van der Waals surface area contributed by atoms with E-state index >= 15 is 0 Å². The number of nitrogens with zero attached hydrogens (tertiary/aromatic N) is 2. The summed E-state index contributed by atoms with van der Waals surface area (Å²) in [5, 5.41) is 5.76. The van der Waals surface area contributed by atoms with Gasteiger partial charge in [-0.25, -0.2) is 14.4 Å². The van der Waals surface area contributed by atoms with E-state index in [1.54, 1.807) is 12.1 Å². The predicted octanol–water partition coefficient (Wildman–Crippen LogP) is 1.75. The molecule has 8 heteroatoms. The van der Waals surface area contributed by atoms with Crippen LogP contribution in [0.25, 0.3) is 0 Å². The molecule has 1 aromatic heterocycles. The van der Waals surface area contributed by atoms with E-state index in [-0.39, 0.29) is 16.8 Å². The third kappa shape index (κ3) is 4.21. The Morgan fingerprint density at radius 2 is 1.78 bits per heavy atom. The van der Waals surface area contributed by atoms with Crippen LogP contribution in [0.15, 0.2) is 36.7 Å². The summed E-state index contributed by atoms with van der Waals surface area (Å²) in [7, 11) is 0. The van der Waals surface area contributed by atoms with Gasteiger partial charge in [-0.1, -0.05) is 26.0 Å². The maximum atomic E-state index is 13.1. The number of hydrogen-bond acceptors (Lipinski definition) is 5. The lowest BCUT2D eigenvalue weighted by molar-refractivity contribution is -0.120. The summed E-state index contributed by atoms with van der Waals surface area (Å²) in [6, 6.07) is 6.36. The molecule has 2 aromatic rings. The topological polar surface area (TPSA) is 110 Å². The number of nitrogens with two attached hydrogens (primary N) is 1. The van der Waals surface area contributed by atoms with Gasteiger partial charge in [0, 0.05) is 24.4 Å². The molecule has 0 bridgehead atoms. The van der Waals surface area contributed by atoms with Crippen molar-refractivity contribution >= 4 is 17.8 Å². The molecule has 0 unspecified atom stereocenters. The number of hydrogen-bond donors (Lipinski definition) is 3. The van der Waals surface area contributed by atoms with Crippen molar-refractivity contribution in [3.8, 4) is 0 Å². The normalized spacial score (nSPS) is 15.1. The smallest absolute Gasteiger partial charge is 0.255 e. The van der Waals surface area contributed by atoms with Crippen LogP contribution in [-0.4, -0.2) is 33.9 Å². The Morgan fingerprint density at radius 1 is 1.19 bits per heavy atom. The van der Waals surface area contributed by atoms with Crippen molar-refractivity contribution in [2.24, 2.45) is 5.73 Å². The van der Waals surface area contributed by atoms with Crippen LogP contribution in [0.1, 0.15) is 42.6 Å². The van der Waals surface area contributed by atoms with Gasteiger partial charge in [0.15, 0.2) is 0 Å². The predicted molar refractivity (Wildman–Crippen MR) is 98.6 cm³/mol. The minimum absolute atomic E-state index is 0.255. The van der Waals surface area contributed by atoms with Gasteiger partial charge in [0.25, 0.3) is 5.91 Å². The minimum atomic E-state index is -0.923. The number of anilines is 1. The van der Waals surface area contributed by atoms with Crippen LogP contribution in [0.3, 0.4) is 0 Å². The highest BCUT2D eigenvalue weighted by atomic mass is 19.1. The Morgan fingerprint density at radius 3 is 2.30 bits per heavy atom. The minimum Gasteiger partial charge on any atom is -0.368 e. The molecule has 4 N–H and O–H groups in total. The Bertz CT molecular complexity index is 845. The van der Waals surface area contributed by atoms with Crippen LogP contribution in [0.5, 0.6) is 0 Å². The van der Waals surface area contributed by atoms with Crippen LogP contribution in [0.2, 0.25) is 0 Å². The molecular weight excluding hydrogens is 349 g/mol. The fourth-order valence-electron chi connectivity index (χ4n) is 2.69. The molecular formula is C19H22FN5O2. The van der Waals surface area contributed by atoms with E-state index < -0.39 is 17.4 Å². The van der Waals surface area contributed by atoms with Crippen LogP contribution >= 0.6 is 0 Å². The van der Waals surface area contributed by atoms with Gasteiger partial charge in [0.05, 0.1) is 5.56 Å². The second-order valence-electron chi connectivity index (χ2n) is 7.44. The van der Waals surface area contributed by atoms with Crippen molar-refractivity contribution in [3.63, 3.8) is 0 Å². The molecule has 0 spiro atoms. The number of benzene rings is 1. The van der Waals surface area contributed by atoms with Crippen LogP contribution in [0, 0.1) is 5.82 Å². The zero-order valence-corrected chi connectivity index (χ0v) is 15.3. The van der Waals surface area contributed by atoms with Crippen molar-refractivity contribution < 1.29 is 14.0 Å². The van der Waals surface area contributed by atoms with Gasteiger partial charge in [-0.15, -0.1) is 0 Å². The second-order valence-corrected chi connectivity index (χ2v) is 7.44. The highest BCUT2D eigenvalue weighted by Crippen LogP contribution is 2.35. The quantitative estimate of drug-likeness (QED) is 0.687. The number of carbonyl (C=O) groups is 2. The van der Waals surface area contributed by atoms with E-state index in [2.05, 4.69) is 20.6 Å². The second kappa shape index (κ2) is 6.94. The Hall–Kier alpha value is -3.03. The molecule has 0 aliphatic heterocycles. The van der Waals surface area contributed by atoms with E-state index in [1.807, 2.05) is 13.8 Å².